The molecule has 0 saturated carbocycles. The summed E-state index contributed by atoms with van der Waals surface area (Å²) in [6.07, 6.45) is 0. The first-order valence-electron chi connectivity index (χ1n) is 11.5. The molecule has 0 bridgehead atoms. The molecule has 156 valence electrons. The summed E-state index contributed by atoms with van der Waals surface area (Å²) in [6.45, 7) is 0. The summed E-state index contributed by atoms with van der Waals surface area (Å²) < 4.78 is 0. The molecule has 0 N–H and O–H groups in total. The van der Waals surface area contributed by atoms with Gasteiger partial charge in [0.2, 0.25) is 0 Å². The molecule has 0 saturated heterocycles. The van der Waals surface area contributed by atoms with Crippen molar-refractivity contribution in [2.24, 2.45) is 0 Å². The Labute approximate surface area is 198 Å². The van der Waals surface area contributed by atoms with Gasteiger partial charge in [0.1, 0.15) is 0 Å². The van der Waals surface area contributed by atoms with Gasteiger partial charge in [-0.15, -0.1) is 0 Å². The van der Waals surface area contributed by atoms with Gasteiger partial charge in [-0.2, -0.15) is 5.26 Å². The first-order valence-corrected chi connectivity index (χ1v) is 11.5. The maximum absolute atomic E-state index is 9.82. The predicted octanol–water partition coefficient (Wildman–Crippen LogP) is 8.85. The molecule has 0 radical (unpaired) electrons. The molecule has 0 aromatic heterocycles. The lowest BCUT2D eigenvalue weighted by Gasteiger charge is -2.20. The molecule has 1 nitrogen and oxygen atoms in total. The molecule has 0 spiro atoms. The Morgan fingerprint density at radius 3 is 1.47 bits per heavy atom. The molecule has 6 aromatic rings. The summed E-state index contributed by atoms with van der Waals surface area (Å²) in [5.74, 6) is 0. The van der Waals surface area contributed by atoms with Crippen LogP contribution in [0.1, 0.15) is 5.56 Å². The smallest absolute Gasteiger partial charge is 0.0998 e. The van der Waals surface area contributed by atoms with E-state index in [-0.39, 0.29) is 0 Å². The van der Waals surface area contributed by atoms with Gasteiger partial charge >= 0.3 is 0 Å². The highest BCUT2D eigenvalue weighted by Gasteiger charge is 2.30. The summed E-state index contributed by atoms with van der Waals surface area (Å²) in [6, 6.07) is 43.0. The molecule has 1 aliphatic rings. The van der Waals surface area contributed by atoms with Crippen LogP contribution in [0.5, 0.6) is 0 Å². The van der Waals surface area contributed by atoms with Gasteiger partial charge in [-0.05, 0) is 66.7 Å². The fourth-order valence-corrected chi connectivity index (χ4v) is 5.71. The molecule has 0 heterocycles. The zero-order valence-corrected chi connectivity index (χ0v) is 18.4. The van der Waals surface area contributed by atoms with Gasteiger partial charge in [0.05, 0.1) is 11.6 Å². The Morgan fingerprint density at radius 1 is 0.412 bits per heavy atom. The quantitative estimate of drug-likeness (QED) is 0.269. The lowest BCUT2D eigenvalue weighted by atomic mass is 9.82. The van der Waals surface area contributed by atoms with E-state index in [1.165, 1.54) is 60.7 Å². The van der Waals surface area contributed by atoms with Gasteiger partial charge in [-0.3, -0.25) is 0 Å². The summed E-state index contributed by atoms with van der Waals surface area (Å²) in [7, 11) is 0. The van der Waals surface area contributed by atoms with Crippen molar-refractivity contribution in [3.63, 3.8) is 0 Å². The molecule has 34 heavy (non-hydrogen) atoms. The van der Waals surface area contributed by atoms with Crippen molar-refractivity contribution in [2.45, 2.75) is 0 Å². The highest BCUT2D eigenvalue weighted by atomic mass is 14.3. The van der Waals surface area contributed by atoms with Gasteiger partial charge in [0.15, 0.2) is 0 Å². The van der Waals surface area contributed by atoms with Crippen LogP contribution in [0.4, 0.5) is 0 Å². The van der Waals surface area contributed by atoms with Gasteiger partial charge in [-0.1, -0.05) is 109 Å². The normalized spacial score (nSPS) is 11.5. The van der Waals surface area contributed by atoms with Crippen LogP contribution in [0.3, 0.4) is 0 Å². The molecule has 0 unspecified atom stereocenters. The van der Waals surface area contributed by atoms with Crippen molar-refractivity contribution in [3.05, 3.63) is 121 Å². The predicted molar refractivity (Wildman–Crippen MR) is 141 cm³/mol. The lowest BCUT2D eigenvalue weighted by Crippen LogP contribution is -1.93. The second-order valence-corrected chi connectivity index (χ2v) is 8.78. The fourth-order valence-electron chi connectivity index (χ4n) is 5.71. The SMILES string of the molecule is N#Cc1ccc2c3c(cccc13)-c1c-2c(-c2ccccc2)c2ccccc2c1-c1ccccc1. The second kappa shape index (κ2) is 7.17. The fraction of sp³-hybridized carbons (Fsp3) is 0. The maximum atomic E-state index is 9.82. The van der Waals surface area contributed by atoms with Gasteiger partial charge < -0.3 is 0 Å². The number of hydrogen-bond donors (Lipinski definition) is 0. The van der Waals surface area contributed by atoms with E-state index in [4.69, 9.17) is 0 Å². The minimum absolute atomic E-state index is 0.723. The van der Waals surface area contributed by atoms with Crippen LogP contribution < -0.4 is 0 Å². The molecular formula is C33H19N. The van der Waals surface area contributed by atoms with E-state index in [0.717, 1.165) is 10.9 Å². The van der Waals surface area contributed by atoms with E-state index >= 15 is 0 Å². The van der Waals surface area contributed by atoms with Crippen molar-refractivity contribution in [3.8, 4) is 50.6 Å². The number of rotatable bonds is 2. The minimum atomic E-state index is 0.723. The number of fused-ring (bicyclic) bond motifs is 4. The van der Waals surface area contributed by atoms with Gasteiger partial charge in [-0.25, -0.2) is 0 Å². The van der Waals surface area contributed by atoms with Crippen LogP contribution >= 0.6 is 0 Å². The monoisotopic (exact) mass is 429 g/mol. The van der Waals surface area contributed by atoms with Crippen LogP contribution in [0, 0.1) is 11.3 Å². The highest BCUT2D eigenvalue weighted by Crippen LogP contribution is 2.57. The molecule has 6 aromatic carbocycles. The largest absolute Gasteiger partial charge is 0.192 e. The molecule has 1 heteroatoms. The van der Waals surface area contributed by atoms with E-state index in [9.17, 15) is 5.26 Å². The molecule has 0 aliphatic heterocycles. The first-order chi connectivity index (χ1) is 16.9. The number of nitriles is 1. The summed E-state index contributed by atoms with van der Waals surface area (Å²) >= 11 is 0. The van der Waals surface area contributed by atoms with Crippen molar-refractivity contribution in [1.29, 1.82) is 5.26 Å². The molecule has 0 atom stereocenters. The van der Waals surface area contributed by atoms with Crippen LogP contribution in [-0.2, 0) is 0 Å². The van der Waals surface area contributed by atoms with Crippen molar-refractivity contribution >= 4 is 21.5 Å². The Kier molecular flexibility index (Phi) is 3.98. The van der Waals surface area contributed by atoms with E-state index in [1.54, 1.807) is 0 Å². The minimum Gasteiger partial charge on any atom is -0.192 e. The summed E-state index contributed by atoms with van der Waals surface area (Å²) in [5.41, 5.74) is 10.6. The van der Waals surface area contributed by atoms with Crippen LogP contribution in [0.2, 0.25) is 0 Å². The van der Waals surface area contributed by atoms with E-state index in [1.807, 2.05) is 6.07 Å². The lowest BCUT2D eigenvalue weighted by molar-refractivity contribution is 1.50. The van der Waals surface area contributed by atoms with Crippen LogP contribution in [0.15, 0.2) is 115 Å². The van der Waals surface area contributed by atoms with Crippen LogP contribution in [-0.4, -0.2) is 0 Å². The molecule has 1 aliphatic carbocycles. The third-order valence-electron chi connectivity index (χ3n) is 7.04. The van der Waals surface area contributed by atoms with Crippen molar-refractivity contribution in [2.75, 3.05) is 0 Å². The first kappa shape index (κ1) is 18.9. The number of benzene rings is 6. The average Bonchev–Trinajstić information content (AvgIpc) is 3.24. The third kappa shape index (κ3) is 2.48. The van der Waals surface area contributed by atoms with E-state index < -0.39 is 0 Å². The highest BCUT2D eigenvalue weighted by molar-refractivity contribution is 6.27. The van der Waals surface area contributed by atoms with E-state index in [2.05, 4.69) is 115 Å². The van der Waals surface area contributed by atoms with E-state index in [0.29, 0.717) is 0 Å². The van der Waals surface area contributed by atoms with Crippen molar-refractivity contribution < 1.29 is 0 Å². The Bertz CT molecular complexity index is 1700. The zero-order valence-electron chi connectivity index (χ0n) is 18.4. The van der Waals surface area contributed by atoms with Crippen molar-refractivity contribution in [1.82, 2.24) is 0 Å². The maximum Gasteiger partial charge on any atom is 0.0998 e. The Morgan fingerprint density at radius 2 is 0.912 bits per heavy atom. The third-order valence-corrected chi connectivity index (χ3v) is 7.04. The number of hydrogen-bond acceptors (Lipinski definition) is 1. The zero-order chi connectivity index (χ0) is 22.6. The summed E-state index contributed by atoms with van der Waals surface area (Å²) in [4.78, 5) is 0. The van der Waals surface area contributed by atoms with Gasteiger partial charge in [0.25, 0.3) is 0 Å². The van der Waals surface area contributed by atoms with Crippen LogP contribution in [0.25, 0.3) is 66.1 Å². The Balaban J connectivity index is 1.77. The molecule has 0 amide bonds. The standard InChI is InChI=1S/C33H19N/c34-20-23-18-19-28-31-24(23)16-9-17-27(31)32-29(21-10-3-1-4-11-21)25-14-7-8-15-26(25)30(33(28)32)22-12-5-2-6-13-22/h1-19H. The second-order valence-electron chi connectivity index (χ2n) is 8.78. The number of nitrogens with zero attached hydrogens (tertiary/aromatic N) is 1. The molecular weight excluding hydrogens is 410 g/mol. The average molecular weight is 430 g/mol. The summed E-state index contributed by atoms with van der Waals surface area (Å²) in [5, 5.41) is 14.5. The molecule has 7 rings (SSSR count). The van der Waals surface area contributed by atoms with Gasteiger partial charge in [0, 0.05) is 5.39 Å². The topological polar surface area (TPSA) is 23.8 Å². The molecule has 0 fully saturated rings. The Hall–Kier alpha value is -4.67.